The van der Waals surface area contributed by atoms with E-state index in [2.05, 4.69) is 0 Å². The highest BCUT2D eigenvalue weighted by atomic mass is 16.7. The van der Waals surface area contributed by atoms with E-state index in [4.69, 9.17) is 18.9 Å². The maximum atomic E-state index is 12.0. The van der Waals surface area contributed by atoms with Gasteiger partial charge in [-0.15, -0.1) is 0 Å². The van der Waals surface area contributed by atoms with E-state index in [-0.39, 0.29) is 38.1 Å². The molecule has 0 spiro atoms. The summed E-state index contributed by atoms with van der Waals surface area (Å²) < 4.78 is 21.1. The zero-order valence-electron chi connectivity index (χ0n) is 15.7. The number of hydrogen-bond donors (Lipinski definition) is 0. The lowest BCUT2D eigenvalue weighted by Crippen LogP contribution is -2.17. The summed E-state index contributed by atoms with van der Waals surface area (Å²) in [7, 11) is 0. The van der Waals surface area contributed by atoms with Gasteiger partial charge in [0.15, 0.2) is 19.2 Å². The van der Waals surface area contributed by atoms with Gasteiger partial charge in [-0.1, -0.05) is 6.92 Å². The Morgan fingerprint density at radius 1 is 1.21 bits per heavy atom. The second-order valence-corrected chi connectivity index (χ2v) is 6.21. The number of Topliss-reactive ketones (excluding diaryl/α,β-unsaturated/α-hetero) is 1. The molecule has 0 fully saturated rings. The summed E-state index contributed by atoms with van der Waals surface area (Å²) in [6.45, 7) is 1.43. The van der Waals surface area contributed by atoms with Crippen LogP contribution in [0.1, 0.15) is 34.8 Å². The fourth-order valence-corrected chi connectivity index (χ4v) is 2.78. The molecule has 0 unspecified atom stereocenters. The summed E-state index contributed by atoms with van der Waals surface area (Å²) in [4.78, 5) is 34.2. The van der Waals surface area contributed by atoms with Gasteiger partial charge in [0.2, 0.25) is 0 Å². The third kappa shape index (κ3) is 5.08. The molecule has 1 aliphatic rings. The fourth-order valence-electron chi connectivity index (χ4n) is 2.78. The van der Waals surface area contributed by atoms with Crippen molar-refractivity contribution < 1.29 is 33.5 Å². The average Bonchev–Trinajstić information content (AvgIpc) is 2.75. The van der Waals surface area contributed by atoms with Crippen LogP contribution in [0.3, 0.4) is 0 Å². The van der Waals surface area contributed by atoms with Crippen molar-refractivity contribution in [3.63, 3.8) is 0 Å². The van der Waals surface area contributed by atoms with Gasteiger partial charge in [0.25, 0.3) is 5.69 Å². The van der Waals surface area contributed by atoms with E-state index >= 15 is 0 Å². The summed E-state index contributed by atoms with van der Waals surface area (Å²) in [6, 6.07) is 9.13. The van der Waals surface area contributed by atoms with Crippen LogP contribution in [0, 0.1) is 10.1 Å². The van der Waals surface area contributed by atoms with Gasteiger partial charge in [-0.25, -0.2) is 4.79 Å². The first-order valence-electron chi connectivity index (χ1n) is 8.90. The number of carbonyl (C=O) groups is 2. The van der Waals surface area contributed by atoms with Crippen molar-refractivity contribution in [2.24, 2.45) is 0 Å². The molecule has 0 saturated carbocycles. The van der Waals surface area contributed by atoms with Crippen LogP contribution < -0.4 is 9.47 Å². The zero-order chi connectivity index (χ0) is 20.8. The highest BCUT2D eigenvalue weighted by Gasteiger charge is 2.21. The molecule has 0 bridgehead atoms. The van der Waals surface area contributed by atoms with Crippen molar-refractivity contribution in [1.29, 1.82) is 0 Å². The van der Waals surface area contributed by atoms with E-state index < -0.39 is 10.9 Å². The lowest BCUT2D eigenvalue weighted by atomic mass is 10.1. The number of nitro benzene ring substituents is 1. The normalized spacial score (nSPS) is 12.4. The number of carbonyl (C=O) groups excluding carboxylic acids is 2. The van der Waals surface area contributed by atoms with Crippen molar-refractivity contribution in [2.45, 2.75) is 26.6 Å². The quantitative estimate of drug-likeness (QED) is 0.287. The van der Waals surface area contributed by atoms with Gasteiger partial charge in [-0.3, -0.25) is 14.9 Å². The molecule has 0 atom stereocenters. The highest BCUT2D eigenvalue weighted by molar-refractivity contribution is 5.95. The Hall–Kier alpha value is -3.46. The first-order valence-corrected chi connectivity index (χ1v) is 8.90. The van der Waals surface area contributed by atoms with E-state index in [0.29, 0.717) is 34.6 Å². The highest BCUT2D eigenvalue weighted by Crippen LogP contribution is 2.33. The van der Waals surface area contributed by atoms with Crippen LogP contribution in [-0.2, 0) is 27.5 Å². The third-order valence-corrected chi connectivity index (χ3v) is 4.23. The Morgan fingerprint density at radius 2 is 1.97 bits per heavy atom. The number of non-ortho nitro benzene ring substituents is 1. The average molecular weight is 401 g/mol. The van der Waals surface area contributed by atoms with Crippen LogP contribution in [0.4, 0.5) is 5.69 Å². The number of fused-ring (bicyclic) bond motifs is 1. The molecular weight excluding hydrogens is 382 g/mol. The van der Waals surface area contributed by atoms with Crippen molar-refractivity contribution in [1.82, 2.24) is 0 Å². The summed E-state index contributed by atoms with van der Waals surface area (Å²) in [6.07, 6.45) is 0.406. The number of hydrogen-bond acceptors (Lipinski definition) is 8. The fraction of sp³-hybridized carbons (Fsp3) is 0.300. The number of benzene rings is 2. The molecule has 2 aromatic rings. The molecule has 3 rings (SSSR count). The molecule has 0 aliphatic carbocycles. The van der Waals surface area contributed by atoms with Crippen molar-refractivity contribution in [3.05, 3.63) is 63.2 Å². The Labute approximate surface area is 166 Å². The SMILES string of the molecule is CCC(=O)c1ccc(OCC(=O)OCc2cc([N+](=O)[O-])cc3c2OCOC3)cc1. The van der Waals surface area contributed by atoms with E-state index in [1.165, 1.54) is 12.1 Å². The first kappa shape index (κ1) is 20.3. The summed E-state index contributed by atoms with van der Waals surface area (Å²) >= 11 is 0. The van der Waals surface area contributed by atoms with Crippen molar-refractivity contribution in [2.75, 3.05) is 13.4 Å². The van der Waals surface area contributed by atoms with E-state index in [9.17, 15) is 19.7 Å². The minimum atomic E-state index is -0.647. The van der Waals surface area contributed by atoms with Crippen molar-refractivity contribution in [3.8, 4) is 11.5 Å². The van der Waals surface area contributed by atoms with E-state index in [1.807, 2.05) is 0 Å². The summed E-state index contributed by atoms with van der Waals surface area (Å²) in [5.41, 5.74) is 1.34. The van der Waals surface area contributed by atoms with E-state index in [1.54, 1.807) is 31.2 Å². The molecule has 9 nitrogen and oxygen atoms in total. The third-order valence-electron chi connectivity index (χ3n) is 4.23. The number of nitro groups is 1. The minimum absolute atomic E-state index is 0.0175. The lowest BCUT2D eigenvalue weighted by molar-refractivity contribution is -0.385. The summed E-state index contributed by atoms with van der Waals surface area (Å²) in [5, 5.41) is 11.1. The maximum absolute atomic E-state index is 12.0. The largest absolute Gasteiger partial charge is 0.482 e. The molecule has 1 aliphatic heterocycles. The van der Waals surface area contributed by atoms with Crippen LogP contribution in [0.5, 0.6) is 11.5 Å². The number of nitrogens with zero attached hydrogens (tertiary/aromatic N) is 1. The smallest absolute Gasteiger partial charge is 0.344 e. The molecule has 0 N–H and O–H groups in total. The zero-order valence-corrected chi connectivity index (χ0v) is 15.7. The standard InChI is InChI=1S/C20H19NO8/c1-2-18(22)13-3-5-17(6-4-13)27-11-19(23)28-10-15-8-16(21(24)25)7-14-9-26-12-29-20(14)15/h3-8H,2,9-12H2,1H3. The Bertz CT molecular complexity index is 923. The second kappa shape index (κ2) is 9.16. The molecule has 1 heterocycles. The Morgan fingerprint density at radius 3 is 2.66 bits per heavy atom. The van der Waals surface area contributed by atoms with Gasteiger partial charge in [0, 0.05) is 35.2 Å². The van der Waals surface area contributed by atoms with Crippen LogP contribution >= 0.6 is 0 Å². The van der Waals surface area contributed by atoms with Crippen LogP contribution in [0.2, 0.25) is 0 Å². The molecule has 9 heteroatoms. The molecule has 152 valence electrons. The van der Waals surface area contributed by atoms with Crippen LogP contribution in [0.15, 0.2) is 36.4 Å². The molecule has 0 aromatic heterocycles. The first-order chi connectivity index (χ1) is 14.0. The number of ether oxygens (including phenoxy) is 4. The van der Waals surface area contributed by atoms with Gasteiger partial charge < -0.3 is 18.9 Å². The topological polar surface area (TPSA) is 114 Å². The predicted octanol–water partition coefficient (Wildman–Crippen LogP) is 3.18. The molecule has 2 aromatic carbocycles. The minimum Gasteiger partial charge on any atom is -0.482 e. The Kier molecular flexibility index (Phi) is 6.40. The summed E-state index contributed by atoms with van der Waals surface area (Å²) in [5.74, 6) is 0.212. The van der Waals surface area contributed by atoms with Crippen molar-refractivity contribution >= 4 is 17.4 Å². The van der Waals surface area contributed by atoms with Gasteiger partial charge in [0.05, 0.1) is 11.5 Å². The molecule has 0 saturated heterocycles. The number of rotatable bonds is 8. The number of ketones is 1. The van der Waals surface area contributed by atoms with Crippen LogP contribution in [0.25, 0.3) is 0 Å². The lowest BCUT2D eigenvalue weighted by Gasteiger charge is -2.20. The van der Waals surface area contributed by atoms with Gasteiger partial charge >= 0.3 is 5.97 Å². The molecular formula is C20H19NO8. The molecule has 0 amide bonds. The second-order valence-electron chi connectivity index (χ2n) is 6.21. The van der Waals surface area contributed by atoms with E-state index in [0.717, 1.165) is 0 Å². The van der Waals surface area contributed by atoms with Crippen LogP contribution in [-0.4, -0.2) is 30.1 Å². The van der Waals surface area contributed by atoms with Gasteiger partial charge in [-0.05, 0) is 24.3 Å². The Balaban J connectivity index is 1.58. The molecule has 0 radical (unpaired) electrons. The van der Waals surface area contributed by atoms with Gasteiger partial charge in [0.1, 0.15) is 18.1 Å². The number of esters is 1. The van der Waals surface area contributed by atoms with Gasteiger partial charge in [-0.2, -0.15) is 0 Å². The molecule has 29 heavy (non-hydrogen) atoms. The monoisotopic (exact) mass is 401 g/mol. The maximum Gasteiger partial charge on any atom is 0.344 e. The predicted molar refractivity (Wildman–Crippen MR) is 99.7 cm³/mol.